The SMILES string of the molecule is Cc1ccc([C@H]2O[C@H]2C2=NC(C)(C)CO2)cc1. The van der Waals surface area contributed by atoms with Crippen LogP contribution in [-0.2, 0) is 9.47 Å². The van der Waals surface area contributed by atoms with Gasteiger partial charge >= 0.3 is 0 Å². The Balaban J connectivity index is 1.73. The standard InChI is InChI=1S/C14H17NO2/c1-9-4-6-10(7-5-9)11-12(17-11)13-15-14(2,3)8-16-13/h4-7,11-12H,8H2,1-3H3/t11-,12-/m1/s1. The van der Waals surface area contributed by atoms with Crippen LogP contribution in [0.2, 0.25) is 0 Å². The Hall–Kier alpha value is -1.35. The van der Waals surface area contributed by atoms with Crippen LogP contribution in [0.1, 0.15) is 31.1 Å². The van der Waals surface area contributed by atoms with E-state index in [0.29, 0.717) is 6.61 Å². The van der Waals surface area contributed by atoms with Crippen LogP contribution in [0.25, 0.3) is 0 Å². The van der Waals surface area contributed by atoms with Crippen molar-refractivity contribution in [1.29, 1.82) is 0 Å². The van der Waals surface area contributed by atoms with Crippen molar-refractivity contribution in [2.45, 2.75) is 38.5 Å². The Kier molecular flexibility index (Phi) is 2.26. The summed E-state index contributed by atoms with van der Waals surface area (Å²) in [6.07, 6.45) is 0.155. The maximum atomic E-state index is 5.66. The van der Waals surface area contributed by atoms with Crippen LogP contribution in [0.5, 0.6) is 0 Å². The molecule has 0 amide bonds. The molecule has 0 radical (unpaired) electrons. The number of aryl methyl sites for hydroxylation is 1. The molecule has 1 aromatic rings. The van der Waals surface area contributed by atoms with Crippen molar-refractivity contribution in [3.05, 3.63) is 35.4 Å². The first-order valence-electron chi connectivity index (χ1n) is 6.00. The van der Waals surface area contributed by atoms with E-state index < -0.39 is 0 Å². The number of aliphatic imine (C=N–C) groups is 1. The number of hydrogen-bond donors (Lipinski definition) is 0. The molecule has 0 aliphatic carbocycles. The van der Waals surface area contributed by atoms with Crippen LogP contribution in [-0.4, -0.2) is 24.1 Å². The summed E-state index contributed by atoms with van der Waals surface area (Å²) < 4.78 is 11.3. The van der Waals surface area contributed by atoms with Gasteiger partial charge in [0.2, 0.25) is 5.90 Å². The maximum absolute atomic E-state index is 5.66. The summed E-state index contributed by atoms with van der Waals surface area (Å²) in [6.45, 7) is 6.89. The summed E-state index contributed by atoms with van der Waals surface area (Å²) >= 11 is 0. The average molecular weight is 231 g/mol. The van der Waals surface area contributed by atoms with E-state index in [4.69, 9.17) is 9.47 Å². The number of rotatable bonds is 2. The van der Waals surface area contributed by atoms with E-state index in [1.165, 1.54) is 11.1 Å². The zero-order valence-electron chi connectivity index (χ0n) is 10.4. The van der Waals surface area contributed by atoms with Crippen molar-refractivity contribution in [1.82, 2.24) is 0 Å². The molecule has 17 heavy (non-hydrogen) atoms. The normalized spacial score (nSPS) is 29.7. The molecule has 2 aliphatic heterocycles. The molecule has 0 aromatic heterocycles. The van der Waals surface area contributed by atoms with E-state index >= 15 is 0 Å². The maximum Gasteiger partial charge on any atom is 0.217 e. The van der Waals surface area contributed by atoms with Crippen LogP contribution in [0.4, 0.5) is 0 Å². The van der Waals surface area contributed by atoms with E-state index in [1.54, 1.807) is 0 Å². The summed E-state index contributed by atoms with van der Waals surface area (Å²) in [5.41, 5.74) is 2.37. The number of benzene rings is 1. The molecule has 2 atom stereocenters. The summed E-state index contributed by atoms with van der Waals surface area (Å²) in [4.78, 5) is 4.55. The van der Waals surface area contributed by atoms with Crippen LogP contribution < -0.4 is 0 Å². The molecule has 3 nitrogen and oxygen atoms in total. The molecule has 0 bridgehead atoms. The Morgan fingerprint density at radius 1 is 1.18 bits per heavy atom. The minimum Gasteiger partial charge on any atom is -0.476 e. The van der Waals surface area contributed by atoms with Crippen molar-refractivity contribution in [2.75, 3.05) is 6.61 Å². The number of nitrogens with zero attached hydrogens (tertiary/aromatic N) is 1. The van der Waals surface area contributed by atoms with Crippen molar-refractivity contribution >= 4 is 5.90 Å². The van der Waals surface area contributed by atoms with Gasteiger partial charge in [-0.15, -0.1) is 0 Å². The van der Waals surface area contributed by atoms with Crippen molar-refractivity contribution in [3.63, 3.8) is 0 Å². The fraction of sp³-hybridized carbons (Fsp3) is 0.500. The van der Waals surface area contributed by atoms with E-state index in [-0.39, 0.29) is 17.7 Å². The van der Waals surface area contributed by atoms with Gasteiger partial charge in [0.05, 0.1) is 5.54 Å². The van der Waals surface area contributed by atoms with Crippen LogP contribution >= 0.6 is 0 Å². The molecule has 90 valence electrons. The fourth-order valence-corrected chi connectivity index (χ4v) is 2.07. The van der Waals surface area contributed by atoms with Gasteiger partial charge in [-0.05, 0) is 26.3 Å². The summed E-state index contributed by atoms with van der Waals surface area (Å²) in [6, 6.07) is 8.44. The molecule has 0 spiro atoms. The predicted molar refractivity (Wildman–Crippen MR) is 66.3 cm³/mol. The summed E-state index contributed by atoms with van der Waals surface area (Å²) in [5.74, 6) is 0.764. The van der Waals surface area contributed by atoms with Gasteiger partial charge in [0.15, 0.2) is 6.10 Å². The van der Waals surface area contributed by atoms with Gasteiger partial charge < -0.3 is 9.47 Å². The Labute approximate surface area is 101 Å². The third kappa shape index (κ3) is 2.07. The Morgan fingerprint density at radius 2 is 1.88 bits per heavy atom. The highest BCUT2D eigenvalue weighted by molar-refractivity contribution is 5.85. The predicted octanol–water partition coefficient (Wildman–Crippen LogP) is 2.64. The molecule has 0 unspecified atom stereocenters. The minimum atomic E-state index is -0.0981. The summed E-state index contributed by atoms with van der Waals surface area (Å²) in [5, 5.41) is 0. The number of epoxide rings is 1. The van der Waals surface area contributed by atoms with Gasteiger partial charge in [0.25, 0.3) is 0 Å². The van der Waals surface area contributed by atoms with Crippen LogP contribution in [0.3, 0.4) is 0 Å². The molecule has 1 saturated heterocycles. The Bertz CT molecular complexity index is 462. The minimum absolute atomic E-state index is 0.0273. The van der Waals surface area contributed by atoms with Gasteiger partial charge in [-0.2, -0.15) is 0 Å². The number of hydrogen-bond acceptors (Lipinski definition) is 3. The molecule has 2 aliphatic rings. The van der Waals surface area contributed by atoms with Crippen molar-refractivity contribution in [3.8, 4) is 0 Å². The first kappa shape index (κ1) is 10.8. The van der Waals surface area contributed by atoms with E-state index in [1.807, 2.05) is 0 Å². The van der Waals surface area contributed by atoms with Crippen molar-refractivity contribution in [2.24, 2.45) is 4.99 Å². The van der Waals surface area contributed by atoms with Gasteiger partial charge in [-0.1, -0.05) is 29.8 Å². The highest BCUT2D eigenvalue weighted by Crippen LogP contribution is 2.41. The highest BCUT2D eigenvalue weighted by Gasteiger charge is 2.48. The quantitative estimate of drug-likeness (QED) is 0.733. The molecular formula is C14H17NO2. The molecule has 2 heterocycles. The average Bonchev–Trinajstić information content (AvgIpc) is 2.98. The second kappa shape index (κ2) is 3.57. The molecule has 3 heteroatoms. The monoisotopic (exact) mass is 231 g/mol. The lowest BCUT2D eigenvalue weighted by atomic mass is 10.1. The lowest BCUT2D eigenvalue weighted by molar-refractivity contribution is 0.266. The van der Waals surface area contributed by atoms with E-state index in [0.717, 1.165) is 5.90 Å². The second-order valence-electron chi connectivity index (χ2n) is 5.44. The molecule has 1 aromatic carbocycles. The number of ether oxygens (including phenoxy) is 2. The Morgan fingerprint density at radius 3 is 2.47 bits per heavy atom. The van der Waals surface area contributed by atoms with Gasteiger partial charge in [-0.3, -0.25) is 0 Å². The largest absolute Gasteiger partial charge is 0.476 e. The zero-order chi connectivity index (χ0) is 12.0. The lowest BCUT2D eigenvalue weighted by Gasteiger charge is -2.07. The van der Waals surface area contributed by atoms with Gasteiger partial charge in [0.1, 0.15) is 12.7 Å². The van der Waals surface area contributed by atoms with Crippen LogP contribution in [0.15, 0.2) is 29.3 Å². The fourth-order valence-electron chi connectivity index (χ4n) is 2.07. The third-order valence-electron chi connectivity index (χ3n) is 3.13. The molecule has 0 N–H and O–H groups in total. The van der Waals surface area contributed by atoms with Gasteiger partial charge in [-0.25, -0.2) is 4.99 Å². The second-order valence-corrected chi connectivity index (χ2v) is 5.44. The molecule has 1 fully saturated rings. The third-order valence-corrected chi connectivity index (χ3v) is 3.13. The first-order valence-corrected chi connectivity index (χ1v) is 6.00. The summed E-state index contributed by atoms with van der Waals surface area (Å²) in [7, 11) is 0. The first-order chi connectivity index (χ1) is 8.05. The van der Waals surface area contributed by atoms with Gasteiger partial charge in [0, 0.05) is 0 Å². The van der Waals surface area contributed by atoms with E-state index in [2.05, 4.69) is 50.0 Å². The topological polar surface area (TPSA) is 34.1 Å². The smallest absolute Gasteiger partial charge is 0.217 e. The molecule has 0 saturated carbocycles. The van der Waals surface area contributed by atoms with Crippen molar-refractivity contribution < 1.29 is 9.47 Å². The molecular weight excluding hydrogens is 214 g/mol. The lowest BCUT2D eigenvalue weighted by Crippen LogP contribution is -2.17. The highest BCUT2D eigenvalue weighted by atomic mass is 16.6. The molecule has 3 rings (SSSR count). The van der Waals surface area contributed by atoms with Crippen LogP contribution in [0, 0.1) is 6.92 Å². The zero-order valence-corrected chi connectivity index (χ0v) is 10.4. The van der Waals surface area contributed by atoms with E-state index in [9.17, 15) is 0 Å².